The number of carboxylic acids is 1. The number of hydrogen-bond acceptors (Lipinski definition) is 4. The highest BCUT2D eigenvalue weighted by Gasteiger charge is 2.22. The number of carbonyl (C=O) groups is 1. The van der Waals surface area contributed by atoms with E-state index in [1.54, 1.807) is 4.52 Å². The molecule has 2 rings (SSSR count). The molecular weight excluding hydrogens is 232 g/mol. The topological polar surface area (TPSA) is 79.5 Å². The molecule has 0 aliphatic heterocycles. The second kappa shape index (κ2) is 4.29. The molecule has 2 heterocycles. The van der Waals surface area contributed by atoms with Crippen LogP contribution in [0.2, 0.25) is 0 Å². The minimum Gasteiger partial charge on any atom is -0.481 e. The smallest absolute Gasteiger partial charge is 0.305 e. The van der Waals surface area contributed by atoms with Crippen molar-refractivity contribution in [2.75, 3.05) is 5.32 Å². The molecule has 0 aromatic carbocycles. The molecule has 6 heteroatoms. The van der Waals surface area contributed by atoms with E-state index in [1.165, 1.54) is 6.33 Å². The zero-order valence-corrected chi connectivity index (χ0v) is 10.6. The number of nitrogens with zero attached hydrogens (tertiary/aromatic N) is 3. The largest absolute Gasteiger partial charge is 0.481 e. The van der Waals surface area contributed by atoms with Crippen LogP contribution < -0.4 is 5.32 Å². The van der Waals surface area contributed by atoms with Gasteiger partial charge in [0.25, 0.3) is 0 Å². The number of rotatable bonds is 4. The quantitative estimate of drug-likeness (QED) is 0.861. The van der Waals surface area contributed by atoms with E-state index in [4.69, 9.17) is 5.11 Å². The van der Waals surface area contributed by atoms with Crippen LogP contribution in [0.1, 0.15) is 25.8 Å². The Morgan fingerprint density at radius 1 is 1.50 bits per heavy atom. The molecule has 0 bridgehead atoms. The van der Waals surface area contributed by atoms with E-state index in [0.29, 0.717) is 0 Å². The van der Waals surface area contributed by atoms with E-state index in [-0.39, 0.29) is 6.42 Å². The van der Waals surface area contributed by atoms with Crippen molar-refractivity contribution in [1.82, 2.24) is 14.6 Å². The first-order chi connectivity index (χ1) is 8.37. The number of pyridine rings is 1. The summed E-state index contributed by atoms with van der Waals surface area (Å²) in [6.07, 6.45) is 1.50. The molecule has 0 saturated heterocycles. The maximum Gasteiger partial charge on any atom is 0.305 e. The highest BCUT2D eigenvalue weighted by molar-refractivity contribution is 5.69. The number of nitrogens with one attached hydrogen (secondary N) is 1. The van der Waals surface area contributed by atoms with Gasteiger partial charge in [-0.3, -0.25) is 4.79 Å². The van der Waals surface area contributed by atoms with Crippen molar-refractivity contribution in [3.63, 3.8) is 0 Å². The zero-order chi connectivity index (χ0) is 13.3. The van der Waals surface area contributed by atoms with Gasteiger partial charge in [-0.15, -0.1) is 0 Å². The molecule has 96 valence electrons. The molecule has 2 N–H and O–H groups in total. The number of carboxylic acid groups (broad SMARTS) is 1. The third kappa shape index (κ3) is 2.58. The van der Waals surface area contributed by atoms with Crippen molar-refractivity contribution in [3.05, 3.63) is 24.0 Å². The van der Waals surface area contributed by atoms with Gasteiger partial charge < -0.3 is 10.4 Å². The van der Waals surface area contributed by atoms with Crippen molar-refractivity contribution in [2.24, 2.45) is 0 Å². The molecule has 0 aliphatic carbocycles. The van der Waals surface area contributed by atoms with Crippen LogP contribution in [-0.4, -0.2) is 31.2 Å². The maximum absolute atomic E-state index is 10.8. The van der Waals surface area contributed by atoms with E-state index >= 15 is 0 Å². The summed E-state index contributed by atoms with van der Waals surface area (Å²) >= 11 is 0. The van der Waals surface area contributed by atoms with Crippen molar-refractivity contribution in [1.29, 1.82) is 0 Å². The molecule has 0 unspecified atom stereocenters. The van der Waals surface area contributed by atoms with Crippen molar-refractivity contribution >= 4 is 17.4 Å². The van der Waals surface area contributed by atoms with Crippen LogP contribution in [0.25, 0.3) is 5.65 Å². The van der Waals surface area contributed by atoms with Crippen LogP contribution in [0, 0.1) is 6.92 Å². The van der Waals surface area contributed by atoms with Gasteiger partial charge in [-0.25, -0.2) is 4.98 Å². The predicted octanol–water partition coefficient (Wildman–Crippen LogP) is 1.70. The Hall–Kier alpha value is -2.11. The molecule has 0 spiro atoms. The first-order valence-corrected chi connectivity index (χ1v) is 5.68. The van der Waals surface area contributed by atoms with Crippen LogP contribution in [0.3, 0.4) is 0 Å². The lowest BCUT2D eigenvalue weighted by atomic mass is 10.0. The Morgan fingerprint density at radius 3 is 2.89 bits per heavy atom. The summed E-state index contributed by atoms with van der Waals surface area (Å²) in [4.78, 5) is 14.9. The van der Waals surface area contributed by atoms with Gasteiger partial charge in [0.1, 0.15) is 12.1 Å². The Kier molecular flexibility index (Phi) is 2.94. The van der Waals surface area contributed by atoms with Gasteiger partial charge >= 0.3 is 5.97 Å². The number of fused-ring (bicyclic) bond motifs is 1. The van der Waals surface area contributed by atoms with Gasteiger partial charge in [-0.05, 0) is 38.5 Å². The second-order valence-electron chi connectivity index (χ2n) is 5.03. The van der Waals surface area contributed by atoms with Gasteiger partial charge in [-0.2, -0.15) is 9.61 Å². The van der Waals surface area contributed by atoms with Gasteiger partial charge in [0, 0.05) is 5.54 Å². The summed E-state index contributed by atoms with van der Waals surface area (Å²) in [5.74, 6) is -0.0938. The van der Waals surface area contributed by atoms with Gasteiger partial charge in [0.15, 0.2) is 5.65 Å². The molecule has 2 aromatic heterocycles. The van der Waals surface area contributed by atoms with Crippen LogP contribution in [0.5, 0.6) is 0 Å². The second-order valence-corrected chi connectivity index (χ2v) is 5.03. The minimum atomic E-state index is -0.838. The Labute approximate surface area is 105 Å². The molecule has 0 radical (unpaired) electrons. The average Bonchev–Trinajstić information content (AvgIpc) is 2.61. The number of aryl methyl sites for hydroxylation is 1. The fourth-order valence-electron chi connectivity index (χ4n) is 1.91. The Bertz CT molecular complexity index is 589. The molecule has 2 aromatic rings. The molecule has 0 atom stereocenters. The lowest BCUT2D eigenvalue weighted by molar-refractivity contribution is -0.137. The highest BCUT2D eigenvalue weighted by atomic mass is 16.4. The molecule has 0 amide bonds. The molecule has 0 fully saturated rings. The van der Waals surface area contributed by atoms with E-state index < -0.39 is 11.5 Å². The average molecular weight is 248 g/mol. The maximum atomic E-state index is 10.8. The molecule has 0 saturated carbocycles. The summed E-state index contributed by atoms with van der Waals surface area (Å²) in [5, 5.41) is 16.2. The Morgan fingerprint density at radius 2 is 2.22 bits per heavy atom. The van der Waals surface area contributed by atoms with Crippen molar-refractivity contribution < 1.29 is 9.90 Å². The summed E-state index contributed by atoms with van der Waals surface area (Å²) in [6, 6.07) is 3.84. The van der Waals surface area contributed by atoms with Gasteiger partial charge in [0.2, 0.25) is 0 Å². The third-order valence-electron chi connectivity index (χ3n) is 2.58. The number of aromatic nitrogens is 3. The van der Waals surface area contributed by atoms with Gasteiger partial charge in [0.05, 0.1) is 6.42 Å². The standard InChI is InChI=1S/C12H16N4O2/c1-8-4-9-13-7-14-16(9)10(5-8)15-12(2,3)6-11(17)18/h4-5,7,15H,6H2,1-3H3,(H,17,18). The van der Waals surface area contributed by atoms with Crippen LogP contribution in [0.15, 0.2) is 18.5 Å². The normalized spacial score (nSPS) is 11.7. The molecule has 0 aliphatic rings. The summed E-state index contributed by atoms with van der Waals surface area (Å²) in [6.45, 7) is 5.64. The first-order valence-electron chi connectivity index (χ1n) is 5.68. The minimum absolute atomic E-state index is 0.0249. The van der Waals surface area contributed by atoms with E-state index in [1.807, 2.05) is 32.9 Å². The Balaban J connectivity index is 2.36. The summed E-state index contributed by atoms with van der Waals surface area (Å²) in [5.41, 5.74) is 1.23. The third-order valence-corrected chi connectivity index (χ3v) is 2.58. The number of hydrogen-bond donors (Lipinski definition) is 2. The van der Waals surface area contributed by atoms with Crippen molar-refractivity contribution in [3.8, 4) is 0 Å². The zero-order valence-electron chi connectivity index (χ0n) is 10.6. The molecule has 6 nitrogen and oxygen atoms in total. The lowest BCUT2D eigenvalue weighted by Crippen LogP contribution is -2.34. The number of aliphatic carboxylic acids is 1. The molecule has 18 heavy (non-hydrogen) atoms. The van der Waals surface area contributed by atoms with E-state index in [9.17, 15) is 4.79 Å². The van der Waals surface area contributed by atoms with Crippen LogP contribution in [0.4, 0.5) is 5.82 Å². The summed E-state index contributed by atoms with van der Waals surface area (Å²) in [7, 11) is 0. The van der Waals surface area contributed by atoms with E-state index in [2.05, 4.69) is 15.4 Å². The van der Waals surface area contributed by atoms with E-state index in [0.717, 1.165) is 17.0 Å². The highest BCUT2D eigenvalue weighted by Crippen LogP contribution is 2.20. The van der Waals surface area contributed by atoms with Gasteiger partial charge in [-0.1, -0.05) is 0 Å². The monoisotopic (exact) mass is 248 g/mol. The first kappa shape index (κ1) is 12.3. The van der Waals surface area contributed by atoms with Crippen LogP contribution in [-0.2, 0) is 4.79 Å². The lowest BCUT2D eigenvalue weighted by Gasteiger charge is -2.25. The number of anilines is 1. The molecular formula is C12H16N4O2. The predicted molar refractivity (Wildman–Crippen MR) is 67.7 cm³/mol. The fourth-order valence-corrected chi connectivity index (χ4v) is 1.91. The fraction of sp³-hybridized carbons (Fsp3) is 0.417. The van der Waals surface area contributed by atoms with Crippen molar-refractivity contribution in [2.45, 2.75) is 32.7 Å². The van der Waals surface area contributed by atoms with Crippen LogP contribution >= 0.6 is 0 Å². The summed E-state index contributed by atoms with van der Waals surface area (Å²) < 4.78 is 1.66. The SMILES string of the molecule is Cc1cc(NC(C)(C)CC(=O)O)n2ncnc2c1.